The van der Waals surface area contributed by atoms with Crippen LogP contribution in [-0.2, 0) is 10.5 Å². The summed E-state index contributed by atoms with van der Waals surface area (Å²) in [7, 11) is 0. The Labute approximate surface area is 91.0 Å². The standard InChI is InChI=1S/C11H11BrO2/c12-10-6-9(10)7-14-11(10,13)8-4-2-1-3-5-8/h1-5,9,13H,6-7H2/t9-,10+,11-/m0/s1. The molecule has 74 valence electrons. The molecule has 2 nitrogen and oxygen atoms in total. The summed E-state index contributed by atoms with van der Waals surface area (Å²) in [5.41, 5.74) is 0.844. The fourth-order valence-electron chi connectivity index (χ4n) is 2.23. The molecule has 3 atom stereocenters. The van der Waals surface area contributed by atoms with E-state index in [-0.39, 0.29) is 4.32 Å². The molecule has 0 radical (unpaired) electrons. The van der Waals surface area contributed by atoms with Gasteiger partial charge in [0, 0.05) is 11.5 Å². The van der Waals surface area contributed by atoms with Crippen LogP contribution in [0.1, 0.15) is 12.0 Å². The van der Waals surface area contributed by atoms with Gasteiger partial charge >= 0.3 is 0 Å². The smallest absolute Gasteiger partial charge is 0.208 e. The Hall–Kier alpha value is -0.380. The number of ether oxygens (including phenoxy) is 1. The third kappa shape index (κ3) is 0.926. The van der Waals surface area contributed by atoms with E-state index < -0.39 is 5.79 Å². The molecule has 1 aliphatic carbocycles. The lowest BCUT2D eigenvalue weighted by molar-refractivity contribution is -0.191. The Balaban J connectivity index is 2.05. The molecular formula is C11H11BrO2. The maximum Gasteiger partial charge on any atom is 0.208 e. The molecule has 1 aliphatic heterocycles. The third-order valence-corrected chi connectivity index (χ3v) is 4.76. The van der Waals surface area contributed by atoms with Crippen LogP contribution >= 0.6 is 15.9 Å². The zero-order valence-corrected chi connectivity index (χ0v) is 9.20. The fourth-order valence-corrected chi connectivity index (χ4v) is 3.10. The van der Waals surface area contributed by atoms with Crippen LogP contribution in [0.2, 0.25) is 0 Å². The molecule has 0 spiro atoms. The maximum absolute atomic E-state index is 10.5. The average molecular weight is 255 g/mol. The molecule has 0 aromatic heterocycles. The number of aliphatic hydroxyl groups is 1. The molecule has 0 unspecified atom stereocenters. The zero-order valence-electron chi connectivity index (χ0n) is 7.61. The number of alkyl halides is 1. The summed E-state index contributed by atoms with van der Waals surface area (Å²) >= 11 is 3.60. The van der Waals surface area contributed by atoms with E-state index in [2.05, 4.69) is 15.9 Å². The van der Waals surface area contributed by atoms with Crippen LogP contribution in [-0.4, -0.2) is 16.0 Å². The van der Waals surface area contributed by atoms with Crippen molar-refractivity contribution in [1.82, 2.24) is 0 Å². The average Bonchev–Trinajstić information content (AvgIpc) is 2.83. The van der Waals surface area contributed by atoms with Gasteiger partial charge in [0.05, 0.1) is 10.9 Å². The minimum Gasteiger partial charge on any atom is -0.361 e. The van der Waals surface area contributed by atoms with Crippen LogP contribution in [0.15, 0.2) is 30.3 Å². The quantitative estimate of drug-likeness (QED) is 0.778. The largest absolute Gasteiger partial charge is 0.361 e. The zero-order chi connectivity index (χ0) is 9.81. The van der Waals surface area contributed by atoms with Crippen molar-refractivity contribution in [2.75, 3.05) is 6.61 Å². The summed E-state index contributed by atoms with van der Waals surface area (Å²) in [6, 6.07) is 9.59. The summed E-state index contributed by atoms with van der Waals surface area (Å²) in [5, 5.41) is 10.5. The van der Waals surface area contributed by atoms with E-state index in [4.69, 9.17) is 4.74 Å². The lowest BCUT2D eigenvalue weighted by Gasteiger charge is -2.29. The van der Waals surface area contributed by atoms with E-state index in [9.17, 15) is 5.11 Å². The topological polar surface area (TPSA) is 29.5 Å². The van der Waals surface area contributed by atoms with Crippen molar-refractivity contribution >= 4 is 15.9 Å². The van der Waals surface area contributed by atoms with Crippen LogP contribution in [0.5, 0.6) is 0 Å². The Bertz CT molecular complexity index is 365. The van der Waals surface area contributed by atoms with E-state index in [0.717, 1.165) is 12.0 Å². The Morgan fingerprint density at radius 3 is 2.57 bits per heavy atom. The Morgan fingerprint density at radius 2 is 2.07 bits per heavy atom. The van der Waals surface area contributed by atoms with Gasteiger partial charge in [-0.05, 0) is 6.42 Å². The van der Waals surface area contributed by atoms with Gasteiger partial charge in [0.2, 0.25) is 5.79 Å². The molecule has 1 N–H and O–H groups in total. The van der Waals surface area contributed by atoms with Gasteiger partial charge in [-0.25, -0.2) is 0 Å². The highest BCUT2D eigenvalue weighted by molar-refractivity contribution is 9.10. The summed E-state index contributed by atoms with van der Waals surface area (Å²) in [4.78, 5) is 0. The predicted octanol–water partition coefficient (Wildman–Crippen LogP) is 2.02. The van der Waals surface area contributed by atoms with Crippen molar-refractivity contribution < 1.29 is 9.84 Å². The SMILES string of the molecule is O[C@@]1(c2ccccc2)OC[C@@H]2C[C@@]21Br. The summed E-state index contributed by atoms with van der Waals surface area (Å²) in [6.45, 7) is 0.649. The molecule has 2 aliphatic rings. The highest BCUT2D eigenvalue weighted by atomic mass is 79.9. The van der Waals surface area contributed by atoms with E-state index in [1.165, 1.54) is 0 Å². The summed E-state index contributed by atoms with van der Waals surface area (Å²) < 4.78 is 5.27. The van der Waals surface area contributed by atoms with Crippen LogP contribution in [0.3, 0.4) is 0 Å². The second-order valence-corrected chi connectivity index (χ2v) is 5.50. The molecule has 0 bridgehead atoms. The monoisotopic (exact) mass is 254 g/mol. The molecule has 3 rings (SSSR count). The second-order valence-electron chi connectivity index (χ2n) is 4.08. The second kappa shape index (κ2) is 2.60. The minimum absolute atomic E-state index is 0.235. The molecule has 1 aromatic rings. The van der Waals surface area contributed by atoms with Crippen molar-refractivity contribution in [3.63, 3.8) is 0 Å². The van der Waals surface area contributed by atoms with Crippen molar-refractivity contribution in [3.8, 4) is 0 Å². The number of halogens is 1. The first-order valence-electron chi connectivity index (χ1n) is 4.77. The first kappa shape index (κ1) is 8.89. The van der Waals surface area contributed by atoms with Crippen molar-refractivity contribution in [2.45, 2.75) is 16.5 Å². The highest BCUT2D eigenvalue weighted by Gasteiger charge is 2.71. The molecule has 2 fully saturated rings. The van der Waals surface area contributed by atoms with Crippen LogP contribution in [0.4, 0.5) is 0 Å². The first-order valence-corrected chi connectivity index (χ1v) is 5.57. The van der Waals surface area contributed by atoms with Gasteiger partial charge < -0.3 is 9.84 Å². The van der Waals surface area contributed by atoms with Gasteiger partial charge in [0.25, 0.3) is 0 Å². The third-order valence-electron chi connectivity index (χ3n) is 3.25. The Kier molecular flexibility index (Phi) is 1.65. The number of hydrogen-bond donors (Lipinski definition) is 1. The molecule has 0 amide bonds. The minimum atomic E-state index is -1.13. The van der Waals surface area contributed by atoms with E-state index in [1.807, 2.05) is 30.3 Å². The molecule has 14 heavy (non-hydrogen) atoms. The van der Waals surface area contributed by atoms with Gasteiger partial charge in [0.1, 0.15) is 0 Å². The summed E-state index contributed by atoms with van der Waals surface area (Å²) in [5.74, 6) is -0.661. The maximum atomic E-state index is 10.5. The van der Waals surface area contributed by atoms with Gasteiger partial charge in [-0.2, -0.15) is 0 Å². The lowest BCUT2D eigenvalue weighted by atomic mass is 10.0. The molecule has 1 saturated heterocycles. The van der Waals surface area contributed by atoms with Gasteiger partial charge in [-0.1, -0.05) is 46.3 Å². The number of rotatable bonds is 1. The molecule has 1 heterocycles. The van der Waals surface area contributed by atoms with Crippen LogP contribution in [0, 0.1) is 5.92 Å². The highest BCUT2D eigenvalue weighted by Crippen LogP contribution is 2.66. The van der Waals surface area contributed by atoms with Crippen molar-refractivity contribution in [1.29, 1.82) is 0 Å². The van der Waals surface area contributed by atoms with Gasteiger partial charge in [0.15, 0.2) is 0 Å². The van der Waals surface area contributed by atoms with Crippen molar-refractivity contribution in [3.05, 3.63) is 35.9 Å². The number of fused-ring (bicyclic) bond motifs is 1. The van der Waals surface area contributed by atoms with Gasteiger partial charge in [-0.3, -0.25) is 0 Å². The Morgan fingerprint density at radius 1 is 1.36 bits per heavy atom. The van der Waals surface area contributed by atoms with Crippen molar-refractivity contribution in [2.24, 2.45) is 5.92 Å². The predicted molar refractivity (Wildman–Crippen MR) is 56.1 cm³/mol. The fraction of sp³-hybridized carbons (Fsp3) is 0.455. The molecular weight excluding hydrogens is 244 g/mol. The molecule has 3 heteroatoms. The number of hydrogen-bond acceptors (Lipinski definition) is 2. The van der Waals surface area contributed by atoms with E-state index in [1.54, 1.807) is 0 Å². The van der Waals surface area contributed by atoms with Gasteiger partial charge in [-0.15, -0.1) is 0 Å². The van der Waals surface area contributed by atoms with Crippen LogP contribution in [0.25, 0.3) is 0 Å². The normalized spacial score (nSPS) is 44.9. The lowest BCUT2D eigenvalue weighted by Crippen LogP contribution is -2.36. The molecule has 1 saturated carbocycles. The molecule has 1 aromatic carbocycles. The van der Waals surface area contributed by atoms with E-state index >= 15 is 0 Å². The van der Waals surface area contributed by atoms with E-state index in [0.29, 0.717) is 12.5 Å². The van der Waals surface area contributed by atoms with Crippen LogP contribution < -0.4 is 0 Å². The number of benzene rings is 1. The summed E-state index contributed by atoms with van der Waals surface area (Å²) in [6.07, 6.45) is 0.998. The first-order chi connectivity index (χ1) is 6.67.